The fraction of sp³-hybridized carbons (Fsp3) is 0.562. The van der Waals surface area contributed by atoms with Crippen molar-refractivity contribution in [2.75, 3.05) is 46.9 Å². The Balaban J connectivity index is 1.73. The number of likely N-dealkylation sites (N-methyl/N-ethyl adjacent to an activating group) is 1. The van der Waals surface area contributed by atoms with Crippen LogP contribution >= 0.6 is 11.6 Å². The van der Waals surface area contributed by atoms with E-state index in [1.165, 1.54) is 13.2 Å². The molecule has 0 aromatic heterocycles. The average Bonchev–Trinajstić information content (AvgIpc) is 2.54. The van der Waals surface area contributed by atoms with Crippen molar-refractivity contribution >= 4 is 17.5 Å². The van der Waals surface area contributed by atoms with Gasteiger partial charge >= 0.3 is 0 Å². The molecule has 1 N–H and O–H groups in total. The molecule has 0 radical (unpaired) electrons. The molecular formula is C16H22ClN3O3. The summed E-state index contributed by atoms with van der Waals surface area (Å²) >= 11 is 6.24. The summed E-state index contributed by atoms with van der Waals surface area (Å²) < 4.78 is 5.15. The van der Waals surface area contributed by atoms with Crippen molar-refractivity contribution in [3.63, 3.8) is 0 Å². The van der Waals surface area contributed by atoms with Gasteiger partial charge in [-0.15, -0.1) is 0 Å². The topological polar surface area (TPSA) is 56.2 Å². The molecule has 2 aliphatic rings. The zero-order valence-corrected chi connectivity index (χ0v) is 14.2. The summed E-state index contributed by atoms with van der Waals surface area (Å²) in [5.41, 5.74) is 0.895. The number of hydrogen-bond donors (Lipinski definition) is 1. The molecule has 1 amide bonds. The van der Waals surface area contributed by atoms with Crippen LogP contribution < -0.4 is 4.74 Å². The zero-order chi connectivity index (χ0) is 16.6. The first kappa shape index (κ1) is 16.4. The van der Waals surface area contributed by atoms with E-state index in [1.807, 2.05) is 7.05 Å². The maximum Gasteiger partial charge on any atom is 0.241 e. The molecule has 1 aromatic rings. The van der Waals surface area contributed by atoms with Gasteiger partial charge in [0, 0.05) is 57.4 Å². The lowest BCUT2D eigenvalue weighted by Crippen LogP contribution is -2.63. The fourth-order valence-corrected chi connectivity index (χ4v) is 3.49. The Morgan fingerprint density at radius 2 is 2.04 bits per heavy atom. The number of rotatable bonds is 3. The van der Waals surface area contributed by atoms with E-state index >= 15 is 0 Å². The molecule has 126 valence electrons. The number of fused-ring (bicyclic) bond motifs is 1. The van der Waals surface area contributed by atoms with Crippen LogP contribution in [0.2, 0.25) is 5.02 Å². The number of phenolic OH excluding ortho intramolecular Hbond substituents is 1. The van der Waals surface area contributed by atoms with Gasteiger partial charge < -0.3 is 14.7 Å². The highest BCUT2D eigenvalue weighted by molar-refractivity contribution is 6.31. The summed E-state index contributed by atoms with van der Waals surface area (Å²) in [7, 11) is 3.38. The molecule has 2 saturated heterocycles. The second kappa shape index (κ2) is 6.55. The predicted molar refractivity (Wildman–Crippen MR) is 87.9 cm³/mol. The maximum atomic E-state index is 12.3. The SMILES string of the molecule is COc1cc(CN2CCN3CCN(C)C(=O)[C@H]3C2)c(Cl)cc1O. The van der Waals surface area contributed by atoms with E-state index < -0.39 is 0 Å². The minimum absolute atomic E-state index is 0.0372. The summed E-state index contributed by atoms with van der Waals surface area (Å²) in [6, 6.07) is 3.20. The van der Waals surface area contributed by atoms with Gasteiger partial charge in [0.05, 0.1) is 7.11 Å². The highest BCUT2D eigenvalue weighted by Gasteiger charge is 2.37. The molecule has 2 fully saturated rings. The van der Waals surface area contributed by atoms with E-state index in [4.69, 9.17) is 16.3 Å². The van der Waals surface area contributed by atoms with Crippen molar-refractivity contribution in [3.05, 3.63) is 22.7 Å². The second-order valence-corrected chi connectivity index (χ2v) is 6.57. The monoisotopic (exact) mass is 339 g/mol. The highest BCUT2D eigenvalue weighted by Crippen LogP contribution is 2.33. The van der Waals surface area contributed by atoms with Gasteiger partial charge in [-0.25, -0.2) is 0 Å². The molecular weight excluding hydrogens is 318 g/mol. The summed E-state index contributed by atoms with van der Waals surface area (Å²) in [6.45, 7) is 4.86. The smallest absolute Gasteiger partial charge is 0.241 e. The number of benzene rings is 1. The van der Waals surface area contributed by atoms with Crippen molar-refractivity contribution in [3.8, 4) is 11.5 Å². The third-order valence-electron chi connectivity index (χ3n) is 4.70. The van der Waals surface area contributed by atoms with Crippen LogP contribution in [0.25, 0.3) is 0 Å². The molecule has 7 heteroatoms. The third kappa shape index (κ3) is 3.24. The quantitative estimate of drug-likeness (QED) is 0.891. The van der Waals surface area contributed by atoms with E-state index in [-0.39, 0.29) is 17.7 Å². The van der Waals surface area contributed by atoms with Crippen LogP contribution in [0.3, 0.4) is 0 Å². The van der Waals surface area contributed by atoms with Gasteiger partial charge in [-0.3, -0.25) is 14.6 Å². The highest BCUT2D eigenvalue weighted by atomic mass is 35.5. The number of methoxy groups -OCH3 is 1. The van der Waals surface area contributed by atoms with Crippen molar-refractivity contribution in [2.45, 2.75) is 12.6 Å². The van der Waals surface area contributed by atoms with Gasteiger partial charge in [0.25, 0.3) is 0 Å². The van der Waals surface area contributed by atoms with Crippen LogP contribution in [-0.4, -0.2) is 78.6 Å². The Kier molecular flexibility index (Phi) is 4.66. The summed E-state index contributed by atoms with van der Waals surface area (Å²) in [5, 5.41) is 10.3. The van der Waals surface area contributed by atoms with Crippen LogP contribution in [0.15, 0.2) is 12.1 Å². The van der Waals surface area contributed by atoms with Gasteiger partial charge in [-0.2, -0.15) is 0 Å². The normalized spacial score (nSPS) is 23.0. The van der Waals surface area contributed by atoms with Gasteiger partial charge in [-0.1, -0.05) is 11.6 Å². The number of hydrogen-bond acceptors (Lipinski definition) is 5. The van der Waals surface area contributed by atoms with E-state index in [9.17, 15) is 9.90 Å². The number of halogens is 1. The Bertz CT molecular complexity index is 610. The lowest BCUT2D eigenvalue weighted by atomic mass is 10.1. The Labute approximate surface area is 141 Å². The molecule has 6 nitrogen and oxygen atoms in total. The number of nitrogens with zero attached hydrogens (tertiary/aromatic N) is 3. The first-order valence-corrected chi connectivity index (χ1v) is 8.14. The van der Waals surface area contributed by atoms with E-state index in [0.717, 1.165) is 31.7 Å². The third-order valence-corrected chi connectivity index (χ3v) is 5.05. The molecule has 2 aliphatic heterocycles. The largest absolute Gasteiger partial charge is 0.504 e. The van der Waals surface area contributed by atoms with Crippen molar-refractivity contribution in [2.24, 2.45) is 0 Å². The van der Waals surface area contributed by atoms with Gasteiger partial charge in [0.15, 0.2) is 11.5 Å². The number of carbonyl (C=O) groups excluding carboxylic acids is 1. The van der Waals surface area contributed by atoms with Crippen LogP contribution in [0, 0.1) is 0 Å². The molecule has 3 rings (SSSR count). The first-order valence-electron chi connectivity index (χ1n) is 7.76. The molecule has 1 atom stereocenters. The van der Waals surface area contributed by atoms with Crippen LogP contribution in [0.4, 0.5) is 0 Å². The molecule has 0 aliphatic carbocycles. The molecule has 0 bridgehead atoms. The Morgan fingerprint density at radius 3 is 2.78 bits per heavy atom. The maximum absolute atomic E-state index is 12.3. The van der Waals surface area contributed by atoms with Crippen LogP contribution in [0.5, 0.6) is 11.5 Å². The minimum Gasteiger partial charge on any atom is -0.504 e. The van der Waals surface area contributed by atoms with Crippen molar-refractivity contribution in [1.29, 1.82) is 0 Å². The summed E-state index contributed by atoms with van der Waals surface area (Å²) in [5.74, 6) is 0.641. The fourth-order valence-electron chi connectivity index (χ4n) is 3.28. The standard InChI is InChI=1S/C16H22ClN3O3/c1-18-3-5-20-6-4-19(10-13(20)16(18)22)9-11-7-15(23-2)14(21)8-12(11)17/h7-8,13,21H,3-6,9-10H2,1-2H3/t13-/m1/s1. The van der Waals surface area contributed by atoms with Crippen molar-refractivity contribution in [1.82, 2.24) is 14.7 Å². The summed E-state index contributed by atoms with van der Waals surface area (Å²) in [6.07, 6.45) is 0. The van der Waals surface area contributed by atoms with Gasteiger partial charge in [0.1, 0.15) is 6.04 Å². The zero-order valence-electron chi connectivity index (χ0n) is 13.5. The number of amides is 1. The number of aromatic hydroxyl groups is 1. The molecule has 1 aromatic carbocycles. The van der Waals surface area contributed by atoms with Crippen LogP contribution in [-0.2, 0) is 11.3 Å². The van der Waals surface area contributed by atoms with Crippen LogP contribution in [0.1, 0.15) is 5.56 Å². The second-order valence-electron chi connectivity index (χ2n) is 6.16. The number of piperazine rings is 2. The average molecular weight is 340 g/mol. The lowest BCUT2D eigenvalue weighted by Gasteiger charge is -2.45. The molecule has 2 heterocycles. The number of carbonyl (C=O) groups is 1. The van der Waals surface area contributed by atoms with Crippen molar-refractivity contribution < 1.29 is 14.6 Å². The molecule has 23 heavy (non-hydrogen) atoms. The molecule has 0 spiro atoms. The van der Waals surface area contributed by atoms with E-state index in [0.29, 0.717) is 23.9 Å². The number of ether oxygens (including phenoxy) is 1. The van der Waals surface area contributed by atoms with Gasteiger partial charge in [0.2, 0.25) is 5.91 Å². The minimum atomic E-state index is -0.0692. The Morgan fingerprint density at radius 1 is 1.30 bits per heavy atom. The molecule has 0 saturated carbocycles. The lowest BCUT2D eigenvalue weighted by molar-refractivity contribution is -0.143. The predicted octanol–water partition coefficient (Wildman–Crippen LogP) is 1.01. The van der Waals surface area contributed by atoms with E-state index in [1.54, 1.807) is 11.0 Å². The number of phenols is 1. The molecule has 0 unspecified atom stereocenters. The summed E-state index contributed by atoms with van der Waals surface area (Å²) in [4.78, 5) is 18.6. The Hall–Kier alpha value is -1.50. The first-order chi connectivity index (χ1) is 11.0. The van der Waals surface area contributed by atoms with Gasteiger partial charge in [-0.05, 0) is 11.6 Å². The van der Waals surface area contributed by atoms with E-state index in [2.05, 4.69) is 9.80 Å².